The van der Waals surface area contributed by atoms with E-state index in [0.29, 0.717) is 41.7 Å². The fourth-order valence-corrected chi connectivity index (χ4v) is 9.91. The second-order valence-electron chi connectivity index (χ2n) is 16.0. The third kappa shape index (κ3) is 20.7. The van der Waals surface area contributed by atoms with Crippen LogP contribution in [0.5, 0.6) is 0 Å². The van der Waals surface area contributed by atoms with E-state index in [1.165, 1.54) is 104 Å². The molecule has 2 atom stereocenters. The van der Waals surface area contributed by atoms with Crippen molar-refractivity contribution in [2.45, 2.75) is 122 Å². The summed E-state index contributed by atoms with van der Waals surface area (Å²) in [6.07, 6.45) is 32.1. The minimum atomic E-state index is -0.191. The quantitative estimate of drug-likeness (QED) is 0.0616. The van der Waals surface area contributed by atoms with E-state index < -0.39 is 0 Å². The highest BCUT2D eigenvalue weighted by Crippen LogP contribution is 2.36. The Balaban J connectivity index is 0.000000188. The lowest BCUT2D eigenvalue weighted by Crippen LogP contribution is -2.23. The number of carbonyl (C=O) groups excluding carboxylic acids is 3. The molecule has 2 unspecified atom stereocenters. The van der Waals surface area contributed by atoms with E-state index in [1.54, 1.807) is 68.6 Å². The first kappa shape index (κ1) is 52.3. The molecule has 5 heterocycles. The van der Waals surface area contributed by atoms with Crippen molar-refractivity contribution in [1.82, 2.24) is 24.9 Å². The van der Waals surface area contributed by atoms with Crippen molar-refractivity contribution in [3.63, 3.8) is 0 Å². The molecule has 0 bridgehead atoms. The molecule has 15 heteroatoms. The third-order valence-electron chi connectivity index (χ3n) is 11.4. The van der Waals surface area contributed by atoms with Gasteiger partial charge in [0.25, 0.3) is 0 Å². The molecule has 3 N–H and O–H groups in total. The molecular formula is C49H66IN7O5S2. The van der Waals surface area contributed by atoms with E-state index in [4.69, 9.17) is 15.2 Å². The third-order valence-corrected chi connectivity index (χ3v) is 13.9. The molecule has 3 saturated carbocycles. The van der Waals surface area contributed by atoms with Crippen molar-refractivity contribution in [3.05, 3.63) is 113 Å². The Morgan fingerprint density at radius 1 is 0.656 bits per heavy atom. The second kappa shape index (κ2) is 31.5. The van der Waals surface area contributed by atoms with Crippen LogP contribution in [-0.2, 0) is 30.3 Å². The first-order valence-corrected chi connectivity index (χ1v) is 26.0. The SMILES string of the molecule is CCOC(=O)C(CC1CCCC1)c1ccncc1.CCOC(=O)Cc1ccncc1.ICC1CCCC1.Nc1nccs1.O=C(Nc1nccs1)C(CC1CCCC1)c1ccncc1. The molecule has 0 aliphatic heterocycles. The van der Waals surface area contributed by atoms with Crippen LogP contribution in [0.4, 0.5) is 10.3 Å². The Morgan fingerprint density at radius 3 is 1.55 bits per heavy atom. The number of alkyl halides is 1. The van der Waals surface area contributed by atoms with Crippen LogP contribution >= 0.6 is 45.3 Å². The van der Waals surface area contributed by atoms with Gasteiger partial charge in [0, 0.05) is 64.8 Å². The van der Waals surface area contributed by atoms with Crippen molar-refractivity contribution in [2.24, 2.45) is 17.8 Å². The lowest BCUT2D eigenvalue weighted by Gasteiger charge is -2.19. The zero-order chi connectivity index (χ0) is 45.6. The number of thiazole rings is 2. The number of esters is 2. The highest BCUT2D eigenvalue weighted by atomic mass is 127. The molecule has 64 heavy (non-hydrogen) atoms. The van der Waals surface area contributed by atoms with Crippen LogP contribution in [0.3, 0.4) is 0 Å². The fraction of sp³-hybridized carbons (Fsp3) is 0.510. The van der Waals surface area contributed by atoms with Gasteiger partial charge in [-0.2, -0.15) is 0 Å². The molecule has 0 aromatic carbocycles. The molecular weight excluding hydrogens is 958 g/mol. The summed E-state index contributed by atoms with van der Waals surface area (Å²) in [7, 11) is 0. The Hall–Kier alpha value is -4.35. The van der Waals surface area contributed by atoms with E-state index in [2.05, 4.69) is 52.8 Å². The standard InChI is InChI=1S/C16H19N3OS.C15H21NO2.C9H11NO2.C6H11I.C3H4N2S/c20-15(19-16-18-9-10-21-16)14(11-12-3-1-2-4-12)13-5-7-17-8-6-13;1-2-18-15(17)14(11-12-5-3-4-6-12)13-7-9-16-10-8-13;1-2-12-9(11)7-8-3-5-10-6-4-8;7-5-6-3-1-2-4-6;4-3-5-1-2-6-3/h5-10,12,14H,1-4,11H2,(H,18,19,20);7-10,12,14H,2-6,11H2,1H3;3-6H,2,7H2,1H3;6H,1-5H2;1-2H,(H2,4,5). The van der Waals surface area contributed by atoms with Crippen LogP contribution in [0.2, 0.25) is 0 Å². The summed E-state index contributed by atoms with van der Waals surface area (Å²) in [5.74, 6) is 1.96. The molecule has 8 rings (SSSR count). The van der Waals surface area contributed by atoms with Gasteiger partial charge in [-0.15, -0.1) is 22.7 Å². The van der Waals surface area contributed by atoms with Gasteiger partial charge in [-0.1, -0.05) is 86.8 Å². The van der Waals surface area contributed by atoms with Crippen LogP contribution in [0.15, 0.2) is 96.7 Å². The van der Waals surface area contributed by atoms with Gasteiger partial charge in [-0.05, 0) is 110 Å². The Kier molecular flexibility index (Phi) is 25.7. The van der Waals surface area contributed by atoms with Crippen LogP contribution < -0.4 is 11.1 Å². The van der Waals surface area contributed by atoms with Gasteiger partial charge in [0.1, 0.15) is 0 Å². The normalized spacial score (nSPS) is 15.6. The topological polar surface area (TPSA) is 172 Å². The summed E-state index contributed by atoms with van der Waals surface area (Å²) >= 11 is 5.39. The number of anilines is 2. The molecule has 12 nitrogen and oxygen atoms in total. The predicted molar refractivity (Wildman–Crippen MR) is 266 cm³/mol. The molecule has 346 valence electrons. The zero-order valence-electron chi connectivity index (χ0n) is 37.4. The molecule has 0 spiro atoms. The van der Waals surface area contributed by atoms with Gasteiger partial charge in [0.15, 0.2) is 10.3 Å². The number of nitrogen functional groups attached to an aromatic ring is 1. The van der Waals surface area contributed by atoms with Gasteiger partial charge < -0.3 is 20.5 Å². The first-order valence-electron chi connectivity index (χ1n) is 22.7. The first-order chi connectivity index (χ1) is 31.3. The monoisotopic (exact) mass is 1020 g/mol. The number of ether oxygens (including phenoxy) is 2. The van der Waals surface area contributed by atoms with E-state index in [0.717, 1.165) is 35.4 Å². The molecule has 0 radical (unpaired) electrons. The van der Waals surface area contributed by atoms with E-state index >= 15 is 0 Å². The maximum Gasteiger partial charge on any atom is 0.313 e. The van der Waals surface area contributed by atoms with Gasteiger partial charge in [0.2, 0.25) is 5.91 Å². The number of amides is 1. The van der Waals surface area contributed by atoms with Crippen LogP contribution in [0, 0.1) is 17.8 Å². The Bertz CT molecular complexity index is 1950. The number of carbonyl (C=O) groups is 3. The predicted octanol–water partition coefficient (Wildman–Crippen LogP) is 11.7. The number of halogens is 1. The van der Waals surface area contributed by atoms with Gasteiger partial charge in [-0.25, -0.2) is 9.97 Å². The maximum absolute atomic E-state index is 12.6. The Morgan fingerprint density at radius 2 is 1.12 bits per heavy atom. The van der Waals surface area contributed by atoms with E-state index in [-0.39, 0.29) is 29.7 Å². The average Bonchev–Trinajstić information content (AvgIpc) is 4.19. The van der Waals surface area contributed by atoms with Crippen LogP contribution in [0.25, 0.3) is 0 Å². The minimum absolute atomic E-state index is 0.0445. The summed E-state index contributed by atoms with van der Waals surface area (Å²) in [6.45, 7) is 4.54. The number of nitrogens with one attached hydrogen (secondary N) is 1. The van der Waals surface area contributed by atoms with Crippen molar-refractivity contribution in [1.29, 1.82) is 0 Å². The number of nitrogens with two attached hydrogens (primary N) is 1. The number of hydrogen-bond acceptors (Lipinski definition) is 13. The zero-order valence-corrected chi connectivity index (χ0v) is 41.2. The van der Waals surface area contributed by atoms with Crippen molar-refractivity contribution in [3.8, 4) is 0 Å². The largest absolute Gasteiger partial charge is 0.466 e. The van der Waals surface area contributed by atoms with Crippen LogP contribution in [0.1, 0.15) is 132 Å². The lowest BCUT2D eigenvalue weighted by atomic mass is 9.88. The average molecular weight is 1020 g/mol. The highest BCUT2D eigenvalue weighted by molar-refractivity contribution is 14.1. The van der Waals surface area contributed by atoms with Crippen molar-refractivity contribution >= 4 is 73.4 Å². The molecule has 5 aromatic heterocycles. The summed E-state index contributed by atoms with van der Waals surface area (Å²) < 4.78 is 11.4. The number of pyridine rings is 3. The van der Waals surface area contributed by atoms with Gasteiger partial charge >= 0.3 is 11.9 Å². The van der Waals surface area contributed by atoms with Crippen molar-refractivity contribution in [2.75, 3.05) is 28.7 Å². The molecule has 3 fully saturated rings. The maximum atomic E-state index is 12.6. The number of aromatic nitrogens is 5. The Labute approximate surface area is 401 Å². The minimum Gasteiger partial charge on any atom is -0.466 e. The highest BCUT2D eigenvalue weighted by Gasteiger charge is 2.28. The van der Waals surface area contributed by atoms with E-state index in [1.807, 2.05) is 41.9 Å². The summed E-state index contributed by atoms with van der Waals surface area (Å²) in [5.41, 5.74) is 8.20. The molecule has 1 amide bonds. The molecule has 0 saturated heterocycles. The van der Waals surface area contributed by atoms with Gasteiger partial charge in [0.05, 0.1) is 31.5 Å². The van der Waals surface area contributed by atoms with Crippen LogP contribution in [-0.4, -0.2) is 60.4 Å². The summed E-state index contributed by atoms with van der Waals surface area (Å²) in [6, 6.07) is 11.4. The molecule has 3 aliphatic carbocycles. The van der Waals surface area contributed by atoms with E-state index in [9.17, 15) is 14.4 Å². The van der Waals surface area contributed by atoms with Gasteiger partial charge in [-0.3, -0.25) is 29.3 Å². The molecule has 3 aliphatic rings. The number of rotatable bonds is 14. The second-order valence-corrected chi connectivity index (χ2v) is 18.7. The lowest BCUT2D eigenvalue weighted by molar-refractivity contribution is -0.145. The molecule has 5 aromatic rings. The van der Waals surface area contributed by atoms with Crippen molar-refractivity contribution < 1.29 is 23.9 Å². The fourth-order valence-electron chi connectivity index (χ4n) is 8.11. The number of hydrogen-bond donors (Lipinski definition) is 2. The summed E-state index contributed by atoms with van der Waals surface area (Å²) in [4.78, 5) is 55.5. The number of nitrogens with zero attached hydrogens (tertiary/aromatic N) is 5. The smallest absolute Gasteiger partial charge is 0.313 e. The summed E-state index contributed by atoms with van der Waals surface area (Å²) in [5, 5.41) is 7.96.